The van der Waals surface area contributed by atoms with Gasteiger partial charge < -0.3 is 10.1 Å². The lowest BCUT2D eigenvalue weighted by Crippen LogP contribution is -2.14. The summed E-state index contributed by atoms with van der Waals surface area (Å²) >= 11 is 1.31. The maximum atomic E-state index is 12.0. The summed E-state index contributed by atoms with van der Waals surface area (Å²) in [4.78, 5) is 24.4. The fourth-order valence-corrected chi connectivity index (χ4v) is 2.69. The highest BCUT2D eigenvalue weighted by Gasteiger charge is 2.12. The fourth-order valence-electron chi connectivity index (χ4n) is 1.85. The van der Waals surface area contributed by atoms with Crippen molar-refractivity contribution >= 4 is 29.3 Å². The average Bonchev–Trinajstić information content (AvgIpc) is 2.54. The largest absolute Gasteiger partial charge is 0.465 e. The number of anilines is 1. The van der Waals surface area contributed by atoms with Gasteiger partial charge in [-0.2, -0.15) is 0 Å². The molecule has 1 N–H and O–H groups in total. The zero-order chi connectivity index (χ0) is 15.9. The molecule has 0 aromatic heterocycles. The number of carbonyl (C=O) groups excluding carboxylic acids is 2. The Labute approximate surface area is 133 Å². The van der Waals surface area contributed by atoms with Gasteiger partial charge in [0.25, 0.3) is 0 Å². The second-order valence-corrected chi connectivity index (χ2v) is 5.71. The van der Waals surface area contributed by atoms with Gasteiger partial charge in [0, 0.05) is 10.6 Å². The monoisotopic (exact) mass is 315 g/mol. The van der Waals surface area contributed by atoms with Gasteiger partial charge >= 0.3 is 5.97 Å². The van der Waals surface area contributed by atoms with Crippen LogP contribution < -0.4 is 5.32 Å². The van der Waals surface area contributed by atoms with Crippen LogP contribution in [0.25, 0.3) is 0 Å². The topological polar surface area (TPSA) is 55.4 Å². The second kappa shape index (κ2) is 7.66. The van der Waals surface area contributed by atoms with Gasteiger partial charge in [-0.3, -0.25) is 4.79 Å². The minimum Gasteiger partial charge on any atom is -0.465 e. The molecule has 0 bridgehead atoms. The van der Waals surface area contributed by atoms with Crippen LogP contribution in [0.3, 0.4) is 0 Å². The van der Waals surface area contributed by atoms with E-state index in [1.807, 2.05) is 37.3 Å². The molecule has 0 aliphatic carbocycles. The maximum absolute atomic E-state index is 12.0. The van der Waals surface area contributed by atoms with Crippen LogP contribution >= 0.6 is 11.8 Å². The predicted molar refractivity (Wildman–Crippen MR) is 88.3 cm³/mol. The molecule has 1 amide bonds. The van der Waals surface area contributed by atoms with E-state index >= 15 is 0 Å². The Morgan fingerprint density at radius 2 is 1.77 bits per heavy atom. The average molecular weight is 315 g/mol. The summed E-state index contributed by atoms with van der Waals surface area (Å²) in [5.74, 6) is -0.294. The van der Waals surface area contributed by atoms with Crippen molar-refractivity contribution in [1.82, 2.24) is 0 Å². The number of carbonyl (C=O) groups is 2. The molecule has 0 atom stereocenters. The van der Waals surface area contributed by atoms with Crippen LogP contribution in [0.4, 0.5) is 5.69 Å². The van der Waals surface area contributed by atoms with Gasteiger partial charge in [-0.25, -0.2) is 4.79 Å². The molecule has 22 heavy (non-hydrogen) atoms. The van der Waals surface area contributed by atoms with Crippen LogP contribution in [0, 0.1) is 6.92 Å². The number of esters is 1. The van der Waals surface area contributed by atoms with Gasteiger partial charge in [0.1, 0.15) is 0 Å². The Morgan fingerprint density at radius 1 is 1.09 bits per heavy atom. The minimum atomic E-state index is -0.401. The molecule has 0 saturated carbocycles. The third kappa shape index (κ3) is 4.36. The van der Waals surface area contributed by atoms with Gasteiger partial charge in [0.05, 0.1) is 18.4 Å². The predicted octanol–water partition coefficient (Wildman–Crippen LogP) is 3.51. The molecule has 0 spiro atoms. The third-order valence-electron chi connectivity index (χ3n) is 2.99. The van der Waals surface area contributed by atoms with Crippen molar-refractivity contribution in [3.8, 4) is 0 Å². The zero-order valence-electron chi connectivity index (χ0n) is 12.5. The van der Waals surface area contributed by atoms with Crippen molar-refractivity contribution in [1.29, 1.82) is 0 Å². The summed E-state index contributed by atoms with van der Waals surface area (Å²) in [5, 5.41) is 2.83. The van der Waals surface area contributed by atoms with E-state index in [1.165, 1.54) is 18.9 Å². The molecule has 114 valence electrons. The standard InChI is InChI=1S/C17H17NO3S/c1-12-7-9-13(10-8-12)18-16(19)11-22-15-6-4-3-5-14(15)17(20)21-2/h3-10H,11H2,1-2H3,(H,18,19). The van der Waals surface area contributed by atoms with Gasteiger partial charge in [-0.1, -0.05) is 29.8 Å². The number of hydrogen-bond acceptors (Lipinski definition) is 4. The third-order valence-corrected chi connectivity index (χ3v) is 4.06. The summed E-state index contributed by atoms with van der Waals surface area (Å²) in [6.07, 6.45) is 0. The van der Waals surface area contributed by atoms with E-state index in [9.17, 15) is 9.59 Å². The molecule has 5 heteroatoms. The summed E-state index contributed by atoms with van der Waals surface area (Å²) < 4.78 is 4.74. The van der Waals surface area contributed by atoms with E-state index in [-0.39, 0.29) is 11.7 Å². The molecular weight excluding hydrogens is 298 g/mol. The molecule has 0 heterocycles. The summed E-state index contributed by atoms with van der Waals surface area (Å²) in [7, 11) is 1.34. The maximum Gasteiger partial charge on any atom is 0.338 e. The Bertz CT molecular complexity index is 668. The Hall–Kier alpha value is -2.27. The van der Waals surface area contributed by atoms with Crippen molar-refractivity contribution in [2.75, 3.05) is 18.2 Å². The van der Waals surface area contributed by atoms with Crippen molar-refractivity contribution in [3.05, 3.63) is 59.7 Å². The Kier molecular flexibility index (Phi) is 5.61. The minimum absolute atomic E-state index is 0.117. The van der Waals surface area contributed by atoms with E-state index < -0.39 is 5.97 Å². The lowest BCUT2D eigenvalue weighted by Gasteiger charge is -2.08. The van der Waals surface area contributed by atoms with Crippen molar-refractivity contribution in [2.24, 2.45) is 0 Å². The number of methoxy groups -OCH3 is 1. The van der Waals surface area contributed by atoms with Crippen LogP contribution in [0.1, 0.15) is 15.9 Å². The van der Waals surface area contributed by atoms with Crippen molar-refractivity contribution < 1.29 is 14.3 Å². The Morgan fingerprint density at radius 3 is 2.45 bits per heavy atom. The molecular formula is C17H17NO3S. The lowest BCUT2D eigenvalue weighted by atomic mass is 10.2. The van der Waals surface area contributed by atoms with Gasteiger partial charge in [0.2, 0.25) is 5.91 Å². The lowest BCUT2D eigenvalue weighted by molar-refractivity contribution is -0.113. The molecule has 0 aliphatic heterocycles. The first-order chi connectivity index (χ1) is 10.6. The number of nitrogens with one attached hydrogen (secondary N) is 1. The quantitative estimate of drug-likeness (QED) is 0.677. The highest BCUT2D eigenvalue weighted by atomic mass is 32.2. The highest BCUT2D eigenvalue weighted by Crippen LogP contribution is 2.23. The zero-order valence-corrected chi connectivity index (χ0v) is 13.3. The van der Waals surface area contributed by atoms with Gasteiger partial charge in [-0.05, 0) is 31.2 Å². The van der Waals surface area contributed by atoms with Gasteiger partial charge in [0.15, 0.2) is 0 Å². The smallest absolute Gasteiger partial charge is 0.338 e. The molecule has 0 fully saturated rings. The van der Waals surface area contributed by atoms with Crippen LogP contribution in [0.15, 0.2) is 53.4 Å². The highest BCUT2D eigenvalue weighted by molar-refractivity contribution is 8.00. The Balaban J connectivity index is 1.96. The number of hydrogen-bond donors (Lipinski definition) is 1. The number of rotatable bonds is 5. The second-order valence-electron chi connectivity index (χ2n) is 4.69. The number of amides is 1. The SMILES string of the molecule is COC(=O)c1ccccc1SCC(=O)Nc1ccc(C)cc1. The first-order valence-electron chi connectivity index (χ1n) is 6.77. The van der Waals surface area contributed by atoms with Crippen molar-refractivity contribution in [3.63, 3.8) is 0 Å². The number of thioether (sulfide) groups is 1. The van der Waals surface area contributed by atoms with Crippen LogP contribution in [-0.2, 0) is 9.53 Å². The van der Waals surface area contributed by atoms with Crippen molar-refractivity contribution in [2.45, 2.75) is 11.8 Å². The molecule has 2 aromatic rings. The first kappa shape index (κ1) is 16.1. The number of aryl methyl sites for hydroxylation is 1. The van der Waals surface area contributed by atoms with Crippen LogP contribution in [0.5, 0.6) is 0 Å². The van der Waals surface area contributed by atoms with E-state index in [1.54, 1.807) is 18.2 Å². The molecule has 2 rings (SSSR count). The molecule has 0 unspecified atom stereocenters. The summed E-state index contributed by atoms with van der Waals surface area (Å²) in [6.45, 7) is 1.99. The van der Waals surface area contributed by atoms with Crippen LogP contribution in [-0.4, -0.2) is 24.7 Å². The number of benzene rings is 2. The molecule has 2 aromatic carbocycles. The fraction of sp³-hybridized carbons (Fsp3) is 0.176. The summed E-state index contributed by atoms with van der Waals surface area (Å²) in [5.41, 5.74) is 2.37. The molecule has 0 saturated heterocycles. The van der Waals surface area contributed by atoms with E-state index in [2.05, 4.69) is 5.32 Å². The molecule has 0 aliphatic rings. The van der Waals surface area contributed by atoms with E-state index in [0.717, 1.165) is 16.1 Å². The van der Waals surface area contributed by atoms with E-state index in [0.29, 0.717) is 5.56 Å². The summed E-state index contributed by atoms with van der Waals surface area (Å²) in [6, 6.07) is 14.7. The van der Waals surface area contributed by atoms with Crippen LogP contribution in [0.2, 0.25) is 0 Å². The number of ether oxygens (including phenoxy) is 1. The first-order valence-corrected chi connectivity index (χ1v) is 7.75. The van der Waals surface area contributed by atoms with Gasteiger partial charge in [-0.15, -0.1) is 11.8 Å². The molecule has 0 radical (unpaired) electrons. The van der Waals surface area contributed by atoms with E-state index in [4.69, 9.17) is 4.74 Å². The normalized spacial score (nSPS) is 10.1. The molecule has 4 nitrogen and oxygen atoms in total.